The molecule has 0 atom stereocenters. The van der Waals surface area contributed by atoms with Gasteiger partial charge in [-0.1, -0.05) is 36.4 Å². The topological polar surface area (TPSA) is 190 Å². The molecule has 0 fully saturated rings. The summed E-state index contributed by atoms with van der Waals surface area (Å²) in [5.74, 6) is -1.23. The number of nitrogens with one attached hydrogen (secondary N) is 2. The van der Waals surface area contributed by atoms with Gasteiger partial charge in [-0.3, -0.25) is 29.6 Å². The van der Waals surface area contributed by atoms with E-state index in [2.05, 4.69) is 105 Å². The van der Waals surface area contributed by atoms with E-state index in [1.807, 2.05) is 13.2 Å². The maximum atomic E-state index is 14.1. The van der Waals surface area contributed by atoms with Gasteiger partial charge in [0.15, 0.2) is 0 Å². The van der Waals surface area contributed by atoms with Gasteiger partial charge in [-0.05, 0) is 89.8 Å². The van der Waals surface area contributed by atoms with E-state index >= 15 is 0 Å². The molecule has 0 radical (unpaired) electrons. The van der Waals surface area contributed by atoms with Crippen LogP contribution in [0.2, 0.25) is 0 Å². The fraction of sp³-hybridized carbons (Fsp3) is 0.188. The summed E-state index contributed by atoms with van der Waals surface area (Å²) in [5, 5.41) is 35.0. The first-order valence-electron chi connectivity index (χ1n) is 22.1. The number of nitro groups is 2. The smallest absolute Gasteiger partial charge is 0.306 e. The van der Waals surface area contributed by atoms with Crippen LogP contribution in [0.15, 0.2) is 102 Å². The molecule has 0 bridgehead atoms. The minimum Gasteiger partial charge on any atom is -0.347 e. The van der Waals surface area contributed by atoms with Crippen molar-refractivity contribution in [3.05, 3.63) is 156 Å². The summed E-state index contributed by atoms with van der Waals surface area (Å²) in [6, 6.07) is 17.3. The van der Waals surface area contributed by atoms with Crippen molar-refractivity contribution in [2.24, 2.45) is 7.05 Å². The number of nitro benzene ring substituents is 2. The second kappa shape index (κ2) is 28.4. The molecule has 30 heteroatoms. The molecule has 9 aromatic rings. The Labute approximate surface area is 439 Å². The lowest BCUT2D eigenvalue weighted by Gasteiger charge is -2.14. The van der Waals surface area contributed by atoms with Gasteiger partial charge in [0, 0.05) is 142 Å². The van der Waals surface area contributed by atoms with E-state index in [9.17, 15) is 29.0 Å². The Kier molecular flexibility index (Phi) is 22.5. The summed E-state index contributed by atoms with van der Waals surface area (Å²) >= 11 is 3.56. The highest BCUT2D eigenvalue weighted by Crippen LogP contribution is 2.41. The van der Waals surface area contributed by atoms with Crippen molar-refractivity contribution < 1.29 is 69.1 Å². The average Bonchev–Trinajstić information content (AvgIpc) is 4.21. The van der Waals surface area contributed by atoms with Crippen molar-refractivity contribution in [2.45, 2.75) is 52.6 Å². The summed E-state index contributed by atoms with van der Waals surface area (Å²) < 4.78 is 115. The van der Waals surface area contributed by atoms with Gasteiger partial charge >= 0.3 is 11.4 Å². The predicted molar refractivity (Wildman–Crippen MR) is 268 cm³/mol. The van der Waals surface area contributed by atoms with E-state index in [0.29, 0.717) is 22.5 Å². The zero-order chi connectivity index (χ0) is 56.7. The SMILES string of the molecule is Cc1cc(F)c([N+](=O)[O-])cc1Nc1ncc(-c2cnn(C)c2)c(-c2cn3c4c(cccc24)CCC3)n1.Cc1cc(F)c([N+](=O)[O-])cc1Nc1ncc(Br)c(-c2cn3c4c(cccc24)CCC3)n1.F.FF.FF.FF.FF.FF. The molecule has 78 heavy (non-hydrogen) atoms. The summed E-state index contributed by atoms with van der Waals surface area (Å²) in [5.41, 5.74) is 10.7. The summed E-state index contributed by atoms with van der Waals surface area (Å²) in [6.07, 6.45) is 15.6. The van der Waals surface area contributed by atoms with Crippen LogP contribution in [0.5, 0.6) is 0 Å². The Balaban J connectivity index is 0.000000289. The van der Waals surface area contributed by atoms with Crippen LogP contribution in [0.4, 0.5) is 93.9 Å². The zero-order valence-corrected chi connectivity index (χ0v) is 42.0. The number of benzene rings is 4. The Bertz CT molecular complexity index is 3530. The summed E-state index contributed by atoms with van der Waals surface area (Å²) in [4.78, 5) is 39.2. The molecule has 0 amide bonds. The van der Waals surface area contributed by atoms with Gasteiger partial charge in [-0.25, -0.2) is 19.9 Å². The van der Waals surface area contributed by atoms with Crippen LogP contribution in [0.1, 0.15) is 35.1 Å². The molecule has 11 rings (SSSR count). The monoisotopic (exact) mass is 1170 g/mol. The summed E-state index contributed by atoms with van der Waals surface area (Å²) in [6.45, 7) is 5.23. The van der Waals surface area contributed by atoms with Crippen LogP contribution >= 0.6 is 15.9 Å². The Morgan fingerprint density at radius 1 is 0.603 bits per heavy atom. The molecule has 5 aromatic heterocycles. The number of hydrogen-bond donors (Lipinski definition) is 2. The molecule has 0 saturated carbocycles. The molecular weight excluding hydrogens is 1140 g/mol. The molecule has 414 valence electrons. The van der Waals surface area contributed by atoms with Gasteiger partial charge in [-0.15, -0.1) is 0 Å². The average molecular weight is 1180 g/mol. The van der Waals surface area contributed by atoms with Gasteiger partial charge in [0.1, 0.15) is 0 Å². The highest BCUT2D eigenvalue weighted by molar-refractivity contribution is 9.10. The molecule has 4 aromatic carbocycles. The number of aryl methyl sites for hydroxylation is 7. The molecule has 16 nitrogen and oxygen atoms in total. The third-order valence-electron chi connectivity index (χ3n) is 12.2. The molecule has 2 aliphatic rings. The highest BCUT2D eigenvalue weighted by atomic mass is 79.9. The van der Waals surface area contributed by atoms with Crippen molar-refractivity contribution in [1.29, 1.82) is 0 Å². The summed E-state index contributed by atoms with van der Waals surface area (Å²) in [7, 11) is 1.85. The van der Waals surface area contributed by atoms with Crippen molar-refractivity contribution >= 4 is 72.4 Å². The minimum absolute atomic E-state index is 0. The number of nitrogens with zero attached hydrogens (tertiary/aromatic N) is 10. The van der Waals surface area contributed by atoms with E-state index in [-0.39, 0.29) is 16.6 Å². The first kappa shape index (κ1) is 61.8. The van der Waals surface area contributed by atoms with Crippen molar-refractivity contribution in [3.63, 3.8) is 0 Å². The van der Waals surface area contributed by atoms with Crippen molar-refractivity contribution in [2.75, 3.05) is 10.6 Å². The van der Waals surface area contributed by atoms with E-state index < -0.39 is 32.9 Å². The van der Waals surface area contributed by atoms with Crippen LogP contribution < -0.4 is 10.6 Å². The molecule has 2 aliphatic heterocycles. The third kappa shape index (κ3) is 13.1. The first-order valence-corrected chi connectivity index (χ1v) is 22.9. The van der Waals surface area contributed by atoms with Crippen molar-refractivity contribution in [1.82, 2.24) is 38.9 Å². The van der Waals surface area contributed by atoms with E-state index in [0.717, 1.165) is 106 Å². The van der Waals surface area contributed by atoms with Gasteiger partial charge in [-0.2, -0.15) is 13.9 Å². The Hall–Kier alpha value is -8.70. The van der Waals surface area contributed by atoms with Crippen molar-refractivity contribution in [3.8, 4) is 33.6 Å². The van der Waals surface area contributed by atoms with Gasteiger partial charge in [0.05, 0.1) is 54.3 Å². The molecule has 2 N–H and O–H groups in total. The lowest BCUT2D eigenvalue weighted by Crippen LogP contribution is -2.05. The normalized spacial score (nSPS) is 11.4. The van der Waals surface area contributed by atoms with E-state index in [1.54, 1.807) is 37.1 Å². The number of rotatable bonds is 9. The van der Waals surface area contributed by atoms with Gasteiger partial charge < -0.3 is 19.8 Å². The fourth-order valence-corrected chi connectivity index (χ4v) is 9.44. The lowest BCUT2D eigenvalue weighted by atomic mass is 9.99. The maximum Gasteiger partial charge on any atom is 0.306 e. The number of aromatic nitrogens is 8. The quantitative estimate of drug-likeness (QED) is 0.0794. The number of halogens is 14. The van der Waals surface area contributed by atoms with Crippen LogP contribution in [-0.4, -0.2) is 48.7 Å². The standard InChI is InChI=1S/C26H22FN7O2.C22H17BrFN5O2.5F2.FH/c1-15-9-21(27)23(34(35)36)10-22(15)30-26-28-12-19(17-11-29-32(2)13-17)24(31-26)20-14-33-8-4-6-16-5-3-7-18(20)25(16)33;1-12-8-17(24)19(29(30)31)9-18(12)26-22-25-10-16(23)20(27-22)15-11-28-7-3-5-13-4-2-6-14(15)21(13)28;5*1-2;/h3,5,7,9-14H,4,6,8H2,1-2H3,(H,28,30,31);2,4,6,8-11H,3,5,7H2,1H3,(H,25,26,27);;;;;;1H. The van der Waals surface area contributed by atoms with E-state index in [1.165, 1.54) is 28.2 Å². The maximum absolute atomic E-state index is 14.1. The highest BCUT2D eigenvalue weighted by Gasteiger charge is 2.24. The molecule has 0 aliphatic carbocycles. The molecule has 7 heterocycles. The Morgan fingerprint density at radius 3 is 1.47 bits per heavy atom. The van der Waals surface area contributed by atoms with E-state index in [4.69, 9.17) is 50.7 Å². The van der Waals surface area contributed by atoms with Crippen LogP contribution in [-0.2, 0) is 33.0 Å². The number of anilines is 4. The predicted octanol–water partition coefficient (Wildman–Crippen LogP) is 15.8. The minimum atomic E-state index is -0.884. The molecule has 0 saturated heterocycles. The third-order valence-corrected chi connectivity index (χ3v) is 12.8. The van der Waals surface area contributed by atoms with Crippen LogP contribution in [0, 0.1) is 45.7 Å². The largest absolute Gasteiger partial charge is 0.347 e. The second-order valence-corrected chi connectivity index (χ2v) is 17.4. The first-order chi connectivity index (χ1) is 37.3. The fourth-order valence-electron chi connectivity index (χ4n) is 9.04. The lowest BCUT2D eigenvalue weighted by molar-refractivity contribution is -0.387. The molecule has 0 spiro atoms. The van der Waals surface area contributed by atoms with Gasteiger partial charge in [0.25, 0.3) is 0 Å². The number of hydrogen-bond acceptors (Lipinski definition) is 11. The zero-order valence-electron chi connectivity index (χ0n) is 40.4. The van der Waals surface area contributed by atoms with Crippen LogP contribution in [0.25, 0.3) is 55.4 Å². The molecule has 0 unspecified atom stereocenters. The number of para-hydroxylation sites is 2. The van der Waals surface area contributed by atoms with Crippen LogP contribution in [0.3, 0.4) is 0 Å². The molecular formula is C48H40BrF13N12O4. The van der Waals surface area contributed by atoms with Gasteiger partial charge in [0.2, 0.25) is 23.5 Å². The second-order valence-electron chi connectivity index (χ2n) is 16.6. The Morgan fingerprint density at radius 2 is 1.04 bits per heavy atom.